The van der Waals surface area contributed by atoms with E-state index in [1.165, 1.54) is 25.9 Å². The Morgan fingerprint density at radius 3 is 2.65 bits per heavy atom. The maximum atomic E-state index is 12.9. The van der Waals surface area contributed by atoms with E-state index in [-0.39, 0.29) is 24.4 Å². The number of para-hydroxylation sites is 1. The molecule has 3 aliphatic heterocycles. The van der Waals surface area contributed by atoms with E-state index in [9.17, 15) is 4.79 Å². The van der Waals surface area contributed by atoms with Crippen molar-refractivity contribution in [3.63, 3.8) is 0 Å². The van der Waals surface area contributed by atoms with E-state index in [0.29, 0.717) is 28.6 Å². The van der Waals surface area contributed by atoms with Gasteiger partial charge >= 0.3 is 0 Å². The number of rotatable bonds is 5. The molecule has 142 valence electrons. The Morgan fingerprint density at radius 1 is 1.31 bits per heavy atom. The Kier molecular flexibility index (Phi) is 5.73. The van der Waals surface area contributed by atoms with Gasteiger partial charge in [0.05, 0.1) is 5.56 Å². The predicted molar refractivity (Wildman–Crippen MR) is 105 cm³/mol. The summed E-state index contributed by atoms with van der Waals surface area (Å²) in [5.41, 5.74) is 1.93. The topological polar surface area (TPSA) is 61.6 Å². The molecule has 2 aromatic rings. The predicted octanol–water partition coefficient (Wildman–Crippen LogP) is 2.92. The number of nitrogens with one attached hydrogen (secondary N) is 1. The zero-order chi connectivity index (χ0) is 17.4. The summed E-state index contributed by atoms with van der Waals surface area (Å²) < 4.78 is 5.87. The molecule has 1 aromatic carbocycles. The molecule has 26 heavy (non-hydrogen) atoms. The molecule has 1 amide bonds. The van der Waals surface area contributed by atoms with Gasteiger partial charge in [0, 0.05) is 25.7 Å². The molecule has 0 saturated carbocycles. The van der Waals surface area contributed by atoms with Gasteiger partial charge in [-0.3, -0.25) is 4.79 Å². The minimum Gasteiger partial charge on any atom is -0.423 e. The van der Waals surface area contributed by atoms with Gasteiger partial charge in [-0.15, -0.1) is 12.4 Å². The summed E-state index contributed by atoms with van der Waals surface area (Å²) in [5, 5.41) is 3.25. The maximum Gasteiger partial charge on any atom is 0.298 e. The SMILES string of the molecule is CCN(CC)c1nc2c(C(=O)N[C@@H]3CN4CCC3CC4)cccc2o1.Cl. The van der Waals surface area contributed by atoms with Crippen LogP contribution in [0.1, 0.15) is 37.0 Å². The van der Waals surface area contributed by atoms with Crippen LogP contribution in [0.15, 0.2) is 22.6 Å². The van der Waals surface area contributed by atoms with Crippen molar-refractivity contribution in [2.45, 2.75) is 32.7 Å². The first-order valence-electron chi connectivity index (χ1n) is 9.37. The van der Waals surface area contributed by atoms with Crippen molar-refractivity contribution in [1.29, 1.82) is 0 Å². The fourth-order valence-corrected chi connectivity index (χ4v) is 4.12. The van der Waals surface area contributed by atoms with E-state index in [1.54, 1.807) is 0 Å². The van der Waals surface area contributed by atoms with Crippen LogP contribution in [0.25, 0.3) is 11.1 Å². The Morgan fingerprint density at radius 2 is 2.04 bits per heavy atom. The fraction of sp³-hybridized carbons (Fsp3) is 0.579. The minimum atomic E-state index is -0.0382. The molecular weight excluding hydrogens is 352 g/mol. The lowest BCUT2D eigenvalue weighted by Gasteiger charge is -2.44. The normalized spacial score (nSPS) is 24.3. The number of nitrogens with zero attached hydrogens (tertiary/aromatic N) is 3. The van der Waals surface area contributed by atoms with E-state index >= 15 is 0 Å². The highest BCUT2D eigenvalue weighted by molar-refractivity contribution is 6.04. The van der Waals surface area contributed by atoms with E-state index in [1.807, 2.05) is 18.2 Å². The molecule has 3 saturated heterocycles. The quantitative estimate of drug-likeness (QED) is 0.866. The van der Waals surface area contributed by atoms with Gasteiger partial charge < -0.3 is 19.5 Å². The smallest absolute Gasteiger partial charge is 0.298 e. The number of anilines is 1. The Hall–Kier alpha value is -1.79. The summed E-state index contributed by atoms with van der Waals surface area (Å²) in [4.78, 5) is 22.0. The van der Waals surface area contributed by atoms with Crippen LogP contribution in [-0.4, -0.2) is 54.6 Å². The highest BCUT2D eigenvalue weighted by atomic mass is 35.5. The van der Waals surface area contributed by atoms with Gasteiger partial charge in [0.15, 0.2) is 5.58 Å². The third-order valence-electron chi connectivity index (χ3n) is 5.66. The molecule has 3 aliphatic rings. The maximum absolute atomic E-state index is 12.9. The molecule has 5 rings (SSSR count). The zero-order valence-electron chi connectivity index (χ0n) is 15.4. The third kappa shape index (κ3) is 3.40. The summed E-state index contributed by atoms with van der Waals surface area (Å²) in [7, 11) is 0. The summed E-state index contributed by atoms with van der Waals surface area (Å²) in [5.74, 6) is 0.570. The molecule has 2 bridgehead atoms. The van der Waals surface area contributed by atoms with Crippen molar-refractivity contribution < 1.29 is 9.21 Å². The average Bonchev–Trinajstić information content (AvgIpc) is 3.07. The van der Waals surface area contributed by atoms with Gasteiger partial charge in [-0.2, -0.15) is 4.98 Å². The number of hydrogen-bond donors (Lipinski definition) is 1. The summed E-state index contributed by atoms with van der Waals surface area (Å²) in [6.45, 7) is 9.09. The van der Waals surface area contributed by atoms with E-state index < -0.39 is 0 Å². The molecule has 0 aliphatic carbocycles. The highest BCUT2D eigenvalue weighted by Crippen LogP contribution is 2.29. The second kappa shape index (κ2) is 7.84. The van der Waals surface area contributed by atoms with E-state index in [0.717, 1.165) is 19.6 Å². The second-order valence-corrected chi connectivity index (χ2v) is 7.04. The molecule has 6 nitrogen and oxygen atoms in total. The van der Waals surface area contributed by atoms with Crippen molar-refractivity contribution >= 4 is 35.4 Å². The van der Waals surface area contributed by atoms with Crippen LogP contribution in [0.4, 0.5) is 6.01 Å². The van der Waals surface area contributed by atoms with Crippen LogP contribution < -0.4 is 10.2 Å². The fourth-order valence-electron chi connectivity index (χ4n) is 4.12. The third-order valence-corrected chi connectivity index (χ3v) is 5.66. The molecule has 0 unspecified atom stereocenters. The molecule has 1 N–H and O–H groups in total. The minimum absolute atomic E-state index is 0. The lowest BCUT2D eigenvalue weighted by atomic mass is 9.84. The average molecular weight is 379 g/mol. The van der Waals surface area contributed by atoms with Crippen LogP contribution in [-0.2, 0) is 0 Å². The van der Waals surface area contributed by atoms with E-state index in [2.05, 4.69) is 33.9 Å². The molecule has 0 radical (unpaired) electrons. The Bertz CT molecular complexity index is 766. The number of amides is 1. The zero-order valence-corrected chi connectivity index (χ0v) is 16.2. The lowest BCUT2D eigenvalue weighted by molar-refractivity contribution is 0.0621. The number of oxazole rings is 1. The van der Waals surface area contributed by atoms with Crippen molar-refractivity contribution in [1.82, 2.24) is 15.2 Å². The molecule has 3 fully saturated rings. The molecule has 1 atom stereocenters. The first-order valence-corrected chi connectivity index (χ1v) is 9.37. The van der Waals surface area contributed by atoms with Gasteiger partial charge in [0.2, 0.25) is 0 Å². The number of aromatic nitrogens is 1. The van der Waals surface area contributed by atoms with E-state index in [4.69, 9.17) is 4.42 Å². The number of halogens is 1. The standard InChI is InChI=1S/C19H26N4O2.ClH/c1-3-23(4-2)19-21-17-14(6-5-7-16(17)25-19)18(24)20-15-12-22-10-8-13(15)9-11-22;/h5-7,13,15H,3-4,8-12H2,1-2H3,(H,20,24);1H/t15-;/m1./s1. The molecule has 0 spiro atoms. The van der Waals surface area contributed by atoms with Gasteiger partial charge in [-0.25, -0.2) is 0 Å². The van der Waals surface area contributed by atoms with Crippen LogP contribution in [0.2, 0.25) is 0 Å². The number of hydrogen-bond acceptors (Lipinski definition) is 5. The van der Waals surface area contributed by atoms with Crippen LogP contribution >= 0.6 is 12.4 Å². The molecule has 4 heterocycles. The first-order chi connectivity index (χ1) is 12.2. The van der Waals surface area contributed by atoms with Crippen molar-refractivity contribution in [2.75, 3.05) is 37.6 Å². The largest absolute Gasteiger partial charge is 0.423 e. The Balaban J connectivity index is 0.00000196. The second-order valence-electron chi connectivity index (χ2n) is 7.04. The van der Waals surface area contributed by atoms with Crippen molar-refractivity contribution in [3.05, 3.63) is 23.8 Å². The molecular formula is C19H27ClN4O2. The number of benzene rings is 1. The molecule has 7 heteroatoms. The summed E-state index contributed by atoms with van der Waals surface area (Å²) >= 11 is 0. The highest BCUT2D eigenvalue weighted by Gasteiger charge is 2.35. The van der Waals surface area contributed by atoms with Crippen molar-refractivity contribution in [3.8, 4) is 0 Å². The first kappa shape index (κ1) is 19.0. The van der Waals surface area contributed by atoms with Crippen molar-refractivity contribution in [2.24, 2.45) is 5.92 Å². The molecule has 1 aromatic heterocycles. The summed E-state index contributed by atoms with van der Waals surface area (Å²) in [6.07, 6.45) is 2.37. The summed E-state index contributed by atoms with van der Waals surface area (Å²) in [6, 6.07) is 6.42. The van der Waals surface area contributed by atoms with Gasteiger partial charge in [0.1, 0.15) is 5.52 Å². The number of piperidine rings is 3. The monoisotopic (exact) mass is 378 g/mol. The van der Waals surface area contributed by atoms with Gasteiger partial charge in [-0.1, -0.05) is 6.07 Å². The number of carbonyl (C=O) groups excluding carboxylic acids is 1. The van der Waals surface area contributed by atoms with Gasteiger partial charge in [-0.05, 0) is 57.8 Å². The Labute approximate surface area is 160 Å². The van der Waals surface area contributed by atoms with Crippen LogP contribution in [0.5, 0.6) is 0 Å². The number of carbonyl (C=O) groups is 1. The lowest BCUT2D eigenvalue weighted by Crippen LogP contribution is -2.57. The van der Waals surface area contributed by atoms with Crippen LogP contribution in [0, 0.1) is 5.92 Å². The van der Waals surface area contributed by atoms with Crippen LogP contribution in [0.3, 0.4) is 0 Å². The van der Waals surface area contributed by atoms with Gasteiger partial charge in [0.25, 0.3) is 11.9 Å². The number of fused-ring (bicyclic) bond motifs is 4.